The molecule has 9 unspecified atom stereocenters. The monoisotopic (exact) mass is 1460 g/mol. The molecule has 0 saturated carbocycles. The van der Waals surface area contributed by atoms with Crippen molar-refractivity contribution in [2.24, 2.45) is 28.3 Å². The predicted molar refractivity (Wildman–Crippen MR) is 383 cm³/mol. The zero-order valence-corrected chi connectivity index (χ0v) is 60.6. The van der Waals surface area contributed by atoms with Gasteiger partial charge < -0.3 is 89.5 Å². The van der Waals surface area contributed by atoms with Crippen molar-refractivity contribution in [1.29, 1.82) is 0 Å². The number of aromatic nitrogens is 3. The fraction of sp³-hybridized carbons (Fsp3) is 0.580. The Balaban J connectivity index is 0.00000110. The molecule has 2 aliphatic rings. The first-order valence-corrected chi connectivity index (χ1v) is 36.6. The Labute approximate surface area is 600 Å². The summed E-state index contributed by atoms with van der Waals surface area (Å²) in [6.07, 6.45) is 14.5. The lowest BCUT2D eigenvalue weighted by Gasteiger charge is -2.31. The van der Waals surface area contributed by atoms with Crippen LogP contribution in [0.1, 0.15) is 155 Å². The van der Waals surface area contributed by atoms with Gasteiger partial charge in [0.1, 0.15) is 60.1 Å². The standard InChI is InChI=1S/C57H80N16O12.C10H22O3S.C2H4O2/c1-6-61-53(82)44-14-10-22-73(44)56(85)39(13-9-21-62-57(58)59)66-54(83)46(30(2)3)72-55(84)47(31(4)5)71-51(80)40(23-32-15-17-35(75)18-16-32)67-52(81)43(28-74)70-49(78)41(24-33-26-63-37-12-8-7-11-36(33)37)68-50(79)42(25-34-27-60-29-64-34)69-48(77)38-19-20-45(76)65-38;1-2-3-4-5-6-7-8-9-10-14(11,12)13;1-2(3)4/h7-8,11-12,15-18,26-27,29-31,38-44,46-47,63,74-75H,6,9-10,13-14,19-25,28H2,1-5H3,(H,60,64)(H,61,82)(H,65,76)(H,66,83)(H,67,81)(H,68,79)(H,69,77)(H,70,78)(H,71,80)(H,72,84)(H4,58,59,62);2-10H2,1H3,(H,11,12,13);1H3,(H,3,4). The molecule has 34 heteroatoms. The van der Waals surface area contributed by atoms with E-state index in [9.17, 15) is 66.6 Å². The number of nitrogens with two attached hydrogens (primary N) is 2. The van der Waals surface area contributed by atoms with E-state index in [0.717, 1.165) is 25.3 Å². The van der Waals surface area contributed by atoms with E-state index in [-0.39, 0.29) is 87.3 Å². The summed E-state index contributed by atoms with van der Waals surface area (Å²) in [5, 5.41) is 53.0. The number of carboxylic acid groups (broad SMARTS) is 1. The van der Waals surface area contributed by atoms with Crippen LogP contribution in [0.2, 0.25) is 0 Å². The molecule has 6 rings (SSSR count). The first-order valence-electron chi connectivity index (χ1n) is 35.0. The third-order valence-corrected chi connectivity index (χ3v) is 17.8. The summed E-state index contributed by atoms with van der Waals surface area (Å²) in [7, 11) is -3.73. The molecular formula is C69H106N16O17S. The van der Waals surface area contributed by atoms with Crippen molar-refractivity contribution in [3.8, 4) is 5.75 Å². The summed E-state index contributed by atoms with van der Waals surface area (Å²) < 4.78 is 29.2. The number of H-pyrrole nitrogens is 2. The largest absolute Gasteiger partial charge is 0.508 e. The van der Waals surface area contributed by atoms with Crippen LogP contribution >= 0.6 is 0 Å². The van der Waals surface area contributed by atoms with Gasteiger partial charge in [0.2, 0.25) is 59.1 Å². The maximum atomic E-state index is 14.6. The van der Waals surface area contributed by atoms with Gasteiger partial charge in [0, 0.05) is 81.2 Å². The van der Waals surface area contributed by atoms with E-state index < -0.39 is 136 Å². The number of aliphatic carboxylic acids is 1. The van der Waals surface area contributed by atoms with Crippen molar-refractivity contribution in [1.82, 2.24) is 67.7 Å². The zero-order chi connectivity index (χ0) is 76.3. The molecular weight excluding hydrogens is 1360 g/mol. The Morgan fingerprint density at radius 1 is 0.680 bits per heavy atom. The van der Waals surface area contributed by atoms with E-state index in [1.807, 2.05) is 6.07 Å². The summed E-state index contributed by atoms with van der Waals surface area (Å²) in [5.41, 5.74) is 13.2. The zero-order valence-electron chi connectivity index (χ0n) is 59.8. The normalized spacial score (nSPS) is 16.1. The molecule has 2 fully saturated rings. The Hall–Kier alpha value is -9.70. The number of phenols is 1. The number of carbonyl (C=O) groups excluding carboxylic acids is 10. The fourth-order valence-electron chi connectivity index (χ4n) is 11.5. The van der Waals surface area contributed by atoms with Crippen molar-refractivity contribution in [3.63, 3.8) is 0 Å². The molecule has 103 heavy (non-hydrogen) atoms. The van der Waals surface area contributed by atoms with Gasteiger partial charge >= 0.3 is 0 Å². The summed E-state index contributed by atoms with van der Waals surface area (Å²) in [6.45, 7) is 11.4. The number of aromatic hydroxyl groups is 1. The highest BCUT2D eigenvalue weighted by Gasteiger charge is 2.40. The number of rotatable bonds is 39. The van der Waals surface area contributed by atoms with Gasteiger partial charge in [-0.1, -0.05) is 110 Å². The minimum Gasteiger partial charge on any atom is -0.508 e. The third-order valence-electron chi connectivity index (χ3n) is 17.0. The predicted octanol–water partition coefficient (Wildman–Crippen LogP) is 0.887. The number of guanidine groups is 1. The van der Waals surface area contributed by atoms with E-state index in [1.165, 1.54) is 73.8 Å². The number of likely N-dealkylation sites (tertiary alicyclic amines) is 1. The highest BCUT2D eigenvalue weighted by molar-refractivity contribution is 7.85. The number of para-hydroxylation sites is 1. The highest BCUT2D eigenvalue weighted by atomic mass is 32.2. The van der Waals surface area contributed by atoms with Crippen LogP contribution in [-0.4, -0.2) is 206 Å². The number of unbranched alkanes of at least 4 members (excludes halogenated alkanes) is 7. The van der Waals surface area contributed by atoms with E-state index in [4.69, 9.17) is 25.9 Å². The van der Waals surface area contributed by atoms with Crippen molar-refractivity contribution >= 4 is 92.0 Å². The Morgan fingerprint density at radius 2 is 1.23 bits per heavy atom. The maximum absolute atomic E-state index is 14.6. The second-order valence-electron chi connectivity index (χ2n) is 26.1. The maximum Gasteiger partial charge on any atom is 0.300 e. The number of benzene rings is 2. The van der Waals surface area contributed by atoms with Crippen LogP contribution in [0.4, 0.5) is 0 Å². The first kappa shape index (κ1) is 85.7. The summed E-state index contributed by atoms with van der Waals surface area (Å²) >= 11 is 0. The number of phenolic OH excluding ortho intramolecular Hbond substituents is 1. The van der Waals surface area contributed by atoms with Crippen LogP contribution in [0.25, 0.3) is 10.9 Å². The van der Waals surface area contributed by atoms with Crippen molar-refractivity contribution in [2.75, 3.05) is 32.0 Å². The molecule has 2 aromatic heterocycles. The molecule has 2 saturated heterocycles. The highest BCUT2D eigenvalue weighted by Crippen LogP contribution is 2.23. The van der Waals surface area contributed by atoms with E-state index in [2.05, 4.69) is 74.7 Å². The lowest BCUT2D eigenvalue weighted by Crippen LogP contribution is -2.62. The number of fused-ring (bicyclic) bond motifs is 1. The van der Waals surface area contributed by atoms with Crippen molar-refractivity contribution < 1.29 is 81.0 Å². The number of aliphatic hydroxyl groups excluding tert-OH is 1. The second kappa shape index (κ2) is 44.0. The fourth-order valence-corrected chi connectivity index (χ4v) is 12.1. The Kier molecular flexibility index (Phi) is 36.6. The second-order valence-corrected chi connectivity index (χ2v) is 27.7. The number of aliphatic imine (C=N–C) groups is 1. The molecule has 2 aliphatic heterocycles. The van der Waals surface area contributed by atoms with E-state index in [1.54, 1.807) is 59.0 Å². The van der Waals surface area contributed by atoms with Crippen LogP contribution in [-0.2, 0) is 82.1 Å². The number of aromatic amines is 2. The molecule has 0 spiro atoms. The number of hydrogen-bond acceptors (Lipinski definition) is 17. The molecule has 33 nitrogen and oxygen atoms in total. The molecule has 9 atom stereocenters. The van der Waals surface area contributed by atoms with Gasteiger partial charge in [-0.15, -0.1) is 0 Å². The SMILES string of the molecule is CC(=O)O.CCCCCCCCCCS(=O)(=O)O.CCNC(=O)C1CCCN1C(=O)C(CCCN=C(N)N)NC(=O)C(NC(=O)C(NC(=O)C(Cc1ccc(O)cc1)NC(=O)C(CO)NC(=O)C(Cc1c[nH]c2ccccc12)NC(=O)C(Cc1cnc[nH]1)NC(=O)C1CCC(=O)N1)C(C)C)C(C)C. The number of aliphatic hydroxyl groups is 1. The molecule has 0 radical (unpaired) electrons. The van der Waals surface area contributed by atoms with Crippen molar-refractivity contribution in [2.45, 2.75) is 212 Å². The van der Waals surface area contributed by atoms with Crippen molar-refractivity contribution in [3.05, 3.63) is 84.1 Å². The first-order chi connectivity index (χ1) is 48.9. The van der Waals surface area contributed by atoms with Gasteiger partial charge in [-0.3, -0.25) is 62.3 Å². The molecule has 4 aromatic rings. The number of nitrogens with zero attached hydrogens (tertiary/aromatic N) is 3. The number of hydrogen-bond donors (Lipinski definition) is 17. The Bertz CT molecular complexity index is 3560. The van der Waals surface area contributed by atoms with Gasteiger partial charge in [0.15, 0.2) is 5.96 Å². The number of carboxylic acids is 1. The van der Waals surface area contributed by atoms with Crippen LogP contribution in [0.5, 0.6) is 5.75 Å². The van der Waals surface area contributed by atoms with Gasteiger partial charge in [-0.25, -0.2) is 4.98 Å². The third kappa shape index (κ3) is 30.4. The Morgan fingerprint density at radius 3 is 1.80 bits per heavy atom. The van der Waals surface area contributed by atoms with Crippen LogP contribution in [0.3, 0.4) is 0 Å². The van der Waals surface area contributed by atoms with Crippen LogP contribution in [0.15, 0.2) is 72.2 Å². The van der Waals surface area contributed by atoms with Gasteiger partial charge in [0.25, 0.3) is 16.1 Å². The average molecular weight is 1460 g/mol. The number of carbonyl (C=O) groups is 11. The number of imidazole rings is 1. The van der Waals surface area contributed by atoms with Crippen LogP contribution in [0, 0.1) is 11.8 Å². The molecule has 0 aliphatic carbocycles. The molecule has 570 valence electrons. The molecule has 10 amide bonds. The lowest BCUT2D eigenvalue weighted by molar-refractivity contribution is -0.142. The molecule has 2 aromatic carbocycles. The number of amides is 10. The summed E-state index contributed by atoms with van der Waals surface area (Å²) in [6, 6.07) is 1.48. The number of nitrogens with one attached hydrogen (secondary N) is 11. The lowest BCUT2D eigenvalue weighted by atomic mass is 9.98. The molecule has 19 N–H and O–H groups in total. The molecule has 0 bridgehead atoms. The minimum absolute atomic E-state index is 0.0814. The van der Waals surface area contributed by atoms with Gasteiger partial charge in [-0.2, -0.15) is 8.42 Å². The minimum atomic E-state index is -3.73. The number of likely N-dealkylation sites (N-methyl/N-ethyl adjacent to an activating group) is 1. The quantitative estimate of drug-likeness (QED) is 0.0128. The van der Waals surface area contributed by atoms with E-state index >= 15 is 0 Å². The van der Waals surface area contributed by atoms with E-state index in [0.29, 0.717) is 48.0 Å². The summed E-state index contributed by atoms with van der Waals surface area (Å²) in [4.78, 5) is 163. The van der Waals surface area contributed by atoms with Gasteiger partial charge in [0.05, 0.1) is 18.7 Å². The summed E-state index contributed by atoms with van der Waals surface area (Å²) in [5.74, 6) is -9.37. The van der Waals surface area contributed by atoms with Gasteiger partial charge in [-0.05, 0) is 86.6 Å². The topological polar surface area (TPSA) is 523 Å². The van der Waals surface area contributed by atoms with Crippen LogP contribution < -0.4 is 59.3 Å². The average Bonchev–Trinajstić information content (AvgIpc) is 1.77. The smallest absolute Gasteiger partial charge is 0.300 e. The molecule has 4 heterocycles.